The van der Waals surface area contributed by atoms with Gasteiger partial charge in [0.25, 0.3) is 0 Å². The fourth-order valence-electron chi connectivity index (χ4n) is 3.29. The number of carbonyl (C=O) groups excluding carboxylic acids is 1. The lowest BCUT2D eigenvalue weighted by molar-refractivity contribution is -0.115. The summed E-state index contributed by atoms with van der Waals surface area (Å²) in [6, 6.07) is 11.7. The summed E-state index contributed by atoms with van der Waals surface area (Å²) in [4.78, 5) is 13.0. The summed E-state index contributed by atoms with van der Waals surface area (Å²) < 4.78 is 8.70. The Balaban J connectivity index is 1.65. The minimum Gasteiger partial charge on any atom is -0.495 e. The fraction of sp³-hybridized carbons (Fsp3) is 0.286. The van der Waals surface area contributed by atoms with Crippen molar-refractivity contribution in [2.75, 3.05) is 12.4 Å². The first-order chi connectivity index (χ1) is 14.2. The van der Waals surface area contributed by atoms with Crippen LogP contribution in [0.15, 0.2) is 46.8 Å². The number of hydrogen-bond acceptors (Lipinski definition) is 6. The topological polar surface area (TPSA) is 68.5 Å². The van der Waals surface area contributed by atoms with Gasteiger partial charge in [0.1, 0.15) is 16.6 Å². The number of fused-ring (bicyclic) bond motifs is 3. The van der Waals surface area contributed by atoms with E-state index < -0.39 is 0 Å². The highest BCUT2D eigenvalue weighted by Gasteiger charge is 2.23. The van der Waals surface area contributed by atoms with E-state index in [-0.39, 0.29) is 11.2 Å². The highest BCUT2D eigenvalue weighted by molar-refractivity contribution is 8.00. The number of nitrogens with one attached hydrogen (secondary N) is 1. The average Bonchev–Trinajstić information content (AvgIpc) is 3.34. The number of amides is 1. The van der Waals surface area contributed by atoms with Gasteiger partial charge in [0.15, 0.2) is 0 Å². The fourth-order valence-corrected chi connectivity index (χ4v) is 5.06. The number of aryl methyl sites for hydroxylation is 1. The van der Waals surface area contributed by atoms with Crippen LogP contribution in [0.25, 0.3) is 15.7 Å². The molecule has 0 aliphatic rings. The Kier molecular flexibility index (Phi) is 5.73. The smallest absolute Gasteiger partial charge is 0.238 e. The lowest BCUT2D eigenvalue weighted by Crippen LogP contribution is -2.25. The zero-order valence-electron chi connectivity index (χ0n) is 16.5. The van der Waals surface area contributed by atoms with Gasteiger partial charge < -0.3 is 10.1 Å². The van der Waals surface area contributed by atoms with Crippen LogP contribution in [0.1, 0.15) is 26.1 Å². The Morgan fingerprint density at radius 2 is 2.07 bits per heavy atom. The molecule has 8 heteroatoms. The predicted molar refractivity (Wildman–Crippen MR) is 119 cm³/mol. The molecule has 3 aromatic heterocycles. The first-order valence-corrected chi connectivity index (χ1v) is 11.3. The molecule has 0 spiro atoms. The summed E-state index contributed by atoms with van der Waals surface area (Å²) in [5.41, 5.74) is 2.82. The molecule has 0 unspecified atom stereocenters. The van der Waals surface area contributed by atoms with Crippen LogP contribution in [0.4, 0.5) is 5.69 Å². The first kappa shape index (κ1) is 19.7. The van der Waals surface area contributed by atoms with E-state index in [1.54, 1.807) is 18.4 Å². The van der Waals surface area contributed by atoms with Crippen molar-refractivity contribution in [2.45, 2.75) is 37.0 Å². The van der Waals surface area contributed by atoms with Gasteiger partial charge in [-0.05, 0) is 36.1 Å². The van der Waals surface area contributed by atoms with Crippen molar-refractivity contribution >= 4 is 50.4 Å². The van der Waals surface area contributed by atoms with E-state index in [1.807, 2.05) is 31.2 Å². The first-order valence-electron chi connectivity index (χ1n) is 9.51. The van der Waals surface area contributed by atoms with E-state index in [2.05, 4.69) is 44.4 Å². The molecule has 0 aliphatic heterocycles. The van der Waals surface area contributed by atoms with Gasteiger partial charge in [-0.15, -0.1) is 21.5 Å². The standard InChI is InChI=1S/C21H22N4O2S2/c1-4-17(20(26)22-13-8-6-7-9-16(13)27-3)29-21-15-12-18-14(10-11-28-18)25(15)19(5-2)23-24-21/h6-12,17H,4-5H2,1-3H3,(H,22,26)/t17-/m0/s1. The second-order valence-corrected chi connectivity index (χ2v) is 8.65. The van der Waals surface area contributed by atoms with Crippen molar-refractivity contribution in [3.05, 3.63) is 47.6 Å². The SMILES string of the molecule is CCc1nnc(S[C@@H](CC)C(=O)Nc2ccccc2OC)c2cc3sccc3n12. The van der Waals surface area contributed by atoms with Crippen molar-refractivity contribution < 1.29 is 9.53 Å². The molecule has 1 N–H and O–H groups in total. The quantitative estimate of drug-likeness (QED) is 0.420. The van der Waals surface area contributed by atoms with Crippen LogP contribution in [-0.4, -0.2) is 32.9 Å². The summed E-state index contributed by atoms with van der Waals surface area (Å²) in [6.07, 6.45) is 1.46. The van der Waals surface area contributed by atoms with Crippen molar-refractivity contribution in [2.24, 2.45) is 0 Å². The van der Waals surface area contributed by atoms with Crippen LogP contribution < -0.4 is 10.1 Å². The number of benzene rings is 1. The molecule has 0 bridgehead atoms. The second kappa shape index (κ2) is 8.42. The molecule has 3 heterocycles. The minimum atomic E-state index is -0.293. The van der Waals surface area contributed by atoms with Gasteiger partial charge in [-0.3, -0.25) is 9.20 Å². The molecule has 0 aliphatic carbocycles. The van der Waals surface area contributed by atoms with Gasteiger partial charge in [-0.1, -0.05) is 37.7 Å². The third-order valence-corrected chi connectivity index (χ3v) is 6.95. The minimum absolute atomic E-state index is 0.0742. The molecule has 0 saturated carbocycles. The maximum absolute atomic E-state index is 13.0. The Morgan fingerprint density at radius 1 is 1.24 bits per heavy atom. The highest BCUT2D eigenvalue weighted by Crippen LogP contribution is 2.34. The van der Waals surface area contributed by atoms with Crippen molar-refractivity contribution in [3.8, 4) is 5.75 Å². The number of ether oxygens (including phenoxy) is 1. The summed E-state index contributed by atoms with van der Waals surface area (Å²) in [6.45, 7) is 4.07. The van der Waals surface area contributed by atoms with Crippen LogP contribution in [-0.2, 0) is 11.2 Å². The summed E-state index contributed by atoms with van der Waals surface area (Å²) in [7, 11) is 1.59. The molecular formula is C21H22N4O2S2. The van der Waals surface area contributed by atoms with Gasteiger partial charge in [-0.25, -0.2) is 0 Å². The summed E-state index contributed by atoms with van der Waals surface area (Å²) in [5.74, 6) is 1.49. The van der Waals surface area contributed by atoms with Crippen LogP contribution >= 0.6 is 23.1 Å². The molecule has 29 heavy (non-hydrogen) atoms. The van der Waals surface area contributed by atoms with Gasteiger partial charge in [-0.2, -0.15) is 0 Å². The second-order valence-electron chi connectivity index (χ2n) is 6.51. The Morgan fingerprint density at radius 3 is 2.83 bits per heavy atom. The van der Waals surface area contributed by atoms with Crippen molar-refractivity contribution in [3.63, 3.8) is 0 Å². The lowest BCUT2D eigenvalue weighted by Gasteiger charge is -2.16. The number of carbonyl (C=O) groups is 1. The molecule has 4 rings (SSSR count). The monoisotopic (exact) mass is 426 g/mol. The van der Waals surface area contributed by atoms with Crippen LogP contribution in [0, 0.1) is 0 Å². The average molecular weight is 427 g/mol. The van der Waals surface area contributed by atoms with E-state index in [1.165, 1.54) is 16.5 Å². The summed E-state index contributed by atoms with van der Waals surface area (Å²) >= 11 is 3.15. The molecule has 1 atom stereocenters. The maximum Gasteiger partial charge on any atom is 0.238 e. The van der Waals surface area contributed by atoms with Gasteiger partial charge in [0.2, 0.25) is 5.91 Å². The Hall–Kier alpha value is -2.58. The third kappa shape index (κ3) is 3.70. The number of rotatable bonds is 7. The molecular weight excluding hydrogens is 404 g/mol. The number of methoxy groups -OCH3 is 1. The molecule has 150 valence electrons. The number of para-hydroxylation sites is 2. The molecule has 6 nitrogen and oxygen atoms in total. The van der Waals surface area contributed by atoms with Crippen molar-refractivity contribution in [1.82, 2.24) is 14.6 Å². The van der Waals surface area contributed by atoms with Gasteiger partial charge in [0, 0.05) is 6.42 Å². The zero-order valence-corrected chi connectivity index (χ0v) is 18.1. The van der Waals surface area contributed by atoms with Gasteiger partial charge in [0.05, 0.1) is 33.8 Å². The van der Waals surface area contributed by atoms with E-state index in [0.717, 1.165) is 28.3 Å². The molecule has 0 saturated heterocycles. The molecule has 4 aromatic rings. The molecule has 0 radical (unpaired) electrons. The number of aromatic nitrogens is 3. The molecule has 0 fully saturated rings. The van der Waals surface area contributed by atoms with E-state index in [9.17, 15) is 4.79 Å². The van der Waals surface area contributed by atoms with Crippen LogP contribution in [0.2, 0.25) is 0 Å². The Labute approximate surface area is 177 Å². The van der Waals surface area contributed by atoms with E-state index in [4.69, 9.17) is 4.74 Å². The predicted octanol–water partition coefficient (Wildman–Crippen LogP) is 5.02. The summed E-state index contributed by atoms with van der Waals surface area (Å²) in [5, 5.41) is 14.4. The van der Waals surface area contributed by atoms with E-state index >= 15 is 0 Å². The van der Waals surface area contributed by atoms with Gasteiger partial charge >= 0.3 is 0 Å². The lowest BCUT2D eigenvalue weighted by atomic mass is 10.2. The molecule has 1 aromatic carbocycles. The Bertz CT molecular complexity index is 1170. The van der Waals surface area contributed by atoms with E-state index in [0.29, 0.717) is 17.9 Å². The van der Waals surface area contributed by atoms with Crippen molar-refractivity contribution in [1.29, 1.82) is 0 Å². The number of thiophene rings is 1. The molecule has 1 amide bonds. The normalized spacial score (nSPS) is 12.4. The number of thioether (sulfide) groups is 1. The zero-order chi connectivity index (χ0) is 20.4. The van der Waals surface area contributed by atoms with Crippen LogP contribution in [0.3, 0.4) is 0 Å². The largest absolute Gasteiger partial charge is 0.495 e. The maximum atomic E-state index is 13.0. The number of hydrogen-bond donors (Lipinski definition) is 1. The highest BCUT2D eigenvalue weighted by atomic mass is 32.2. The number of nitrogens with zero attached hydrogens (tertiary/aromatic N) is 3. The van der Waals surface area contributed by atoms with Crippen LogP contribution in [0.5, 0.6) is 5.75 Å². The third-order valence-electron chi connectivity index (χ3n) is 4.75. The number of anilines is 1.